The van der Waals surface area contributed by atoms with E-state index in [1.807, 2.05) is 35.7 Å². The van der Waals surface area contributed by atoms with Crippen LogP contribution >= 0.6 is 11.3 Å². The molecule has 2 N–H and O–H groups in total. The first-order valence-electron chi connectivity index (χ1n) is 7.29. The van der Waals surface area contributed by atoms with Crippen LogP contribution in [0.1, 0.15) is 26.5 Å². The Morgan fingerprint density at radius 3 is 2.48 bits per heavy atom. The third-order valence-electron chi connectivity index (χ3n) is 3.33. The van der Waals surface area contributed by atoms with E-state index in [4.69, 9.17) is 0 Å². The maximum Gasteiger partial charge on any atom is 0.326 e. The molecule has 1 heterocycles. The van der Waals surface area contributed by atoms with Crippen molar-refractivity contribution in [3.05, 3.63) is 41.4 Å². The van der Waals surface area contributed by atoms with Crippen LogP contribution in [0.15, 0.2) is 35.7 Å². The summed E-state index contributed by atoms with van der Waals surface area (Å²) in [7, 11) is 0. The molecule has 0 saturated heterocycles. The number of nitrogens with one attached hydrogen (secondary N) is 1. The molecule has 122 valence electrons. The van der Waals surface area contributed by atoms with Crippen LogP contribution < -0.4 is 5.32 Å². The SMILES string of the molecule is CC(C)(C)C(NC(=O)Cc1csc(-c2ccccc2)n1)C(=O)O. The van der Waals surface area contributed by atoms with Gasteiger partial charge in [0.2, 0.25) is 5.91 Å². The van der Waals surface area contributed by atoms with Gasteiger partial charge in [0, 0.05) is 10.9 Å². The zero-order valence-corrected chi connectivity index (χ0v) is 14.2. The second-order valence-corrected chi connectivity index (χ2v) is 7.25. The Kier molecular flexibility index (Phi) is 5.15. The summed E-state index contributed by atoms with van der Waals surface area (Å²) in [5.41, 5.74) is 1.09. The Labute approximate surface area is 139 Å². The van der Waals surface area contributed by atoms with Crippen LogP contribution in [0.5, 0.6) is 0 Å². The minimum atomic E-state index is -1.03. The van der Waals surface area contributed by atoms with E-state index in [1.54, 1.807) is 20.8 Å². The summed E-state index contributed by atoms with van der Waals surface area (Å²) in [6.07, 6.45) is 0.0726. The molecule has 2 rings (SSSR count). The second-order valence-electron chi connectivity index (χ2n) is 6.39. The third kappa shape index (κ3) is 4.63. The van der Waals surface area contributed by atoms with Crippen molar-refractivity contribution in [3.63, 3.8) is 0 Å². The number of aromatic nitrogens is 1. The van der Waals surface area contributed by atoms with Crippen molar-refractivity contribution in [3.8, 4) is 10.6 Å². The number of carboxylic acid groups (broad SMARTS) is 1. The summed E-state index contributed by atoms with van der Waals surface area (Å²) < 4.78 is 0. The zero-order chi connectivity index (χ0) is 17.0. The largest absolute Gasteiger partial charge is 0.480 e. The monoisotopic (exact) mass is 332 g/mol. The van der Waals surface area contributed by atoms with E-state index in [0.717, 1.165) is 10.6 Å². The van der Waals surface area contributed by atoms with Crippen molar-refractivity contribution in [1.29, 1.82) is 0 Å². The minimum Gasteiger partial charge on any atom is -0.480 e. The number of amides is 1. The van der Waals surface area contributed by atoms with Gasteiger partial charge in [-0.2, -0.15) is 0 Å². The molecule has 0 bridgehead atoms. The highest BCUT2D eigenvalue weighted by Gasteiger charge is 2.32. The third-order valence-corrected chi connectivity index (χ3v) is 4.27. The minimum absolute atomic E-state index is 0.0726. The molecule has 0 aliphatic heterocycles. The topological polar surface area (TPSA) is 79.3 Å². The fourth-order valence-corrected chi connectivity index (χ4v) is 2.95. The molecule has 0 aliphatic carbocycles. The Hall–Kier alpha value is -2.21. The molecule has 1 atom stereocenters. The number of aliphatic carboxylic acids is 1. The van der Waals surface area contributed by atoms with Gasteiger partial charge in [0.25, 0.3) is 0 Å². The highest BCUT2D eigenvalue weighted by Crippen LogP contribution is 2.24. The number of carboxylic acids is 1. The molecule has 23 heavy (non-hydrogen) atoms. The molecule has 1 amide bonds. The van der Waals surface area contributed by atoms with Crippen LogP contribution in [0.2, 0.25) is 0 Å². The van der Waals surface area contributed by atoms with Crippen LogP contribution in [0, 0.1) is 5.41 Å². The first-order chi connectivity index (χ1) is 10.8. The van der Waals surface area contributed by atoms with Crippen LogP contribution in [0.4, 0.5) is 0 Å². The molecular formula is C17H20N2O3S. The standard InChI is InChI=1S/C17H20N2O3S/c1-17(2,3)14(16(21)22)19-13(20)9-12-10-23-15(18-12)11-7-5-4-6-8-11/h4-8,10,14H,9H2,1-3H3,(H,19,20)(H,21,22). The second kappa shape index (κ2) is 6.91. The molecule has 1 unspecified atom stereocenters. The number of carbonyl (C=O) groups excluding carboxylic acids is 1. The van der Waals surface area contributed by atoms with Gasteiger partial charge >= 0.3 is 5.97 Å². The van der Waals surface area contributed by atoms with Crippen molar-refractivity contribution in [1.82, 2.24) is 10.3 Å². The molecule has 0 saturated carbocycles. The van der Waals surface area contributed by atoms with Gasteiger partial charge in [0.05, 0.1) is 12.1 Å². The molecule has 0 aliphatic rings. The lowest BCUT2D eigenvalue weighted by Gasteiger charge is -2.27. The first-order valence-corrected chi connectivity index (χ1v) is 8.17. The summed E-state index contributed by atoms with van der Waals surface area (Å²) in [5.74, 6) is -1.37. The predicted molar refractivity (Wildman–Crippen MR) is 90.3 cm³/mol. The van der Waals surface area contributed by atoms with E-state index in [2.05, 4.69) is 10.3 Å². The van der Waals surface area contributed by atoms with Gasteiger partial charge < -0.3 is 10.4 Å². The lowest BCUT2D eigenvalue weighted by Crippen LogP contribution is -2.49. The Morgan fingerprint density at radius 2 is 1.91 bits per heavy atom. The summed E-state index contributed by atoms with van der Waals surface area (Å²) in [5, 5.41) is 14.5. The fraction of sp³-hybridized carbons (Fsp3) is 0.353. The van der Waals surface area contributed by atoms with Crippen LogP contribution in [0.25, 0.3) is 10.6 Å². The van der Waals surface area contributed by atoms with Crippen molar-refractivity contribution >= 4 is 23.2 Å². The van der Waals surface area contributed by atoms with Crippen molar-refractivity contribution in [2.45, 2.75) is 33.2 Å². The first kappa shape index (κ1) is 17.1. The zero-order valence-electron chi connectivity index (χ0n) is 13.4. The van der Waals surface area contributed by atoms with E-state index in [9.17, 15) is 14.7 Å². The molecular weight excluding hydrogens is 312 g/mol. The quantitative estimate of drug-likeness (QED) is 0.882. The van der Waals surface area contributed by atoms with Crippen molar-refractivity contribution < 1.29 is 14.7 Å². The fourth-order valence-electron chi connectivity index (χ4n) is 2.13. The lowest BCUT2D eigenvalue weighted by atomic mass is 9.86. The van der Waals surface area contributed by atoms with Gasteiger partial charge in [-0.3, -0.25) is 4.79 Å². The number of rotatable bonds is 5. The van der Waals surface area contributed by atoms with Crippen LogP contribution in [0.3, 0.4) is 0 Å². The molecule has 1 aromatic carbocycles. The molecule has 0 fully saturated rings. The molecule has 1 aromatic heterocycles. The van der Waals surface area contributed by atoms with E-state index in [1.165, 1.54) is 11.3 Å². The number of thiazole rings is 1. The molecule has 5 nitrogen and oxygen atoms in total. The van der Waals surface area contributed by atoms with E-state index < -0.39 is 17.4 Å². The number of nitrogens with zero attached hydrogens (tertiary/aromatic N) is 1. The number of carbonyl (C=O) groups is 2. The van der Waals surface area contributed by atoms with Crippen molar-refractivity contribution in [2.24, 2.45) is 5.41 Å². The van der Waals surface area contributed by atoms with Crippen LogP contribution in [-0.4, -0.2) is 28.0 Å². The average molecular weight is 332 g/mol. The van der Waals surface area contributed by atoms with Crippen molar-refractivity contribution in [2.75, 3.05) is 0 Å². The maximum atomic E-state index is 12.1. The van der Waals surface area contributed by atoms with E-state index in [0.29, 0.717) is 5.69 Å². The van der Waals surface area contributed by atoms with Gasteiger partial charge in [-0.15, -0.1) is 11.3 Å². The number of hydrogen-bond acceptors (Lipinski definition) is 4. The van der Waals surface area contributed by atoms with Gasteiger partial charge in [-0.25, -0.2) is 9.78 Å². The maximum absolute atomic E-state index is 12.1. The van der Waals surface area contributed by atoms with E-state index >= 15 is 0 Å². The molecule has 6 heteroatoms. The smallest absolute Gasteiger partial charge is 0.326 e. The molecule has 2 aromatic rings. The van der Waals surface area contributed by atoms with Gasteiger partial charge in [-0.05, 0) is 5.41 Å². The number of hydrogen-bond donors (Lipinski definition) is 2. The Balaban J connectivity index is 2.04. The molecule has 0 radical (unpaired) electrons. The van der Waals surface area contributed by atoms with Gasteiger partial charge in [0.15, 0.2) is 0 Å². The number of benzene rings is 1. The van der Waals surface area contributed by atoms with Gasteiger partial charge in [-0.1, -0.05) is 51.1 Å². The average Bonchev–Trinajstić information content (AvgIpc) is 2.92. The predicted octanol–water partition coefficient (Wildman–Crippen LogP) is 2.97. The van der Waals surface area contributed by atoms with Gasteiger partial charge in [0.1, 0.15) is 11.0 Å². The summed E-state index contributed by atoms with van der Waals surface area (Å²) in [6, 6.07) is 8.80. The summed E-state index contributed by atoms with van der Waals surface area (Å²) in [4.78, 5) is 27.8. The lowest BCUT2D eigenvalue weighted by molar-refractivity contribution is -0.144. The highest BCUT2D eigenvalue weighted by molar-refractivity contribution is 7.13. The highest BCUT2D eigenvalue weighted by atomic mass is 32.1. The Morgan fingerprint density at radius 1 is 1.26 bits per heavy atom. The summed E-state index contributed by atoms with van der Waals surface area (Å²) in [6.45, 7) is 5.34. The summed E-state index contributed by atoms with van der Waals surface area (Å²) >= 11 is 1.47. The van der Waals surface area contributed by atoms with Crippen LogP contribution in [-0.2, 0) is 16.0 Å². The Bertz CT molecular complexity index is 689. The molecule has 0 spiro atoms. The normalized spacial score (nSPS) is 12.7. The van der Waals surface area contributed by atoms with E-state index in [-0.39, 0.29) is 12.3 Å².